The summed E-state index contributed by atoms with van der Waals surface area (Å²) in [5, 5.41) is 0.896. The molecular formula is C24H23ClN2O6. The summed E-state index contributed by atoms with van der Waals surface area (Å²) in [6.07, 6.45) is 0.258. The van der Waals surface area contributed by atoms with Crippen molar-refractivity contribution in [1.82, 2.24) is 9.88 Å². The van der Waals surface area contributed by atoms with Gasteiger partial charge in [0.1, 0.15) is 17.7 Å². The Balaban J connectivity index is 1.94. The Bertz CT molecular complexity index is 1220. The number of carbonyl (C=O) groups excluding carboxylic acids is 3. The van der Waals surface area contributed by atoms with Crippen molar-refractivity contribution in [3.63, 3.8) is 0 Å². The van der Waals surface area contributed by atoms with E-state index in [-0.39, 0.29) is 12.3 Å². The Morgan fingerprint density at radius 2 is 1.79 bits per heavy atom. The fraction of sp³-hybridized carbons (Fsp3) is 0.292. The zero-order valence-electron chi connectivity index (χ0n) is 18.4. The van der Waals surface area contributed by atoms with E-state index >= 15 is 0 Å². The summed E-state index contributed by atoms with van der Waals surface area (Å²) in [4.78, 5) is 42.6. The second kappa shape index (κ2) is 9.15. The minimum atomic E-state index is -0.871. The average molecular weight is 471 g/mol. The lowest BCUT2D eigenvalue weighted by molar-refractivity contribution is -0.154. The third-order valence-electron chi connectivity index (χ3n) is 5.95. The fourth-order valence-electron chi connectivity index (χ4n) is 4.41. The number of benzene rings is 2. The first-order chi connectivity index (χ1) is 15.9. The number of H-pyrrole nitrogens is 1. The van der Waals surface area contributed by atoms with Crippen LogP contribution in [0.2, 0.25) is 0 Å². The van der Waals surface area contributed by atoms with Crippen LogP contribution < -0.4 is 4.74 Å². The van der Waals surface area contributed by atoms with Gasteiger partial charge in [-0.15, -0.1) is 11.6 Å². The molecule has 1 N–H and O–H groups in total. The van der Waals surface area contributed by atoms with Gasteiger partial charge in [-0.2, -0.15) is 0 Å². The Morgan fingerprint density at radius 3 is 2.39 bits per heavy atom. The zero-order valence-corrected chi connectivity index (χ0v) is 19.1. The summed E-state index contributed by atoms with van der Waals surface area (Å²) < 4.78 is 15.2. The molecule has 0 saturated heterocycles. The summed E-state index contributed by atoms with van der Waals surface area (Å²) in [6.45, 7) is 0. The van der Waals surface area contributed by atoms with Crippen LogP contribution in [0.15, 0.2) is 42.5 Å². The summed E-state index contributed by atoms with van der Waals surface area (Å²) in [5.74, 6) is -1.03. The predicted octanol–water partition coefficient (Wildman–Crippen LogP) is 3.22. The molecule has 4 rings (SSSR count). The van der Waals surface area contributed by atoms with E-state index in [2.05, 4.69) is 4.98 Å². The van der Waals surface area contributed by atoms with Crippen molar-refractivity contribution < 1.29 is 28.6 Å². The number of esters is 2. The molecule has 1 aliphatic heterocycles. The number of halogens is 1. The van der Waals surface area contributed by atoms with Crippen LogP contribution in [-0.2, 0) is 25.5 Å². The van der Waals surface area contributed by atoms with E-state index in [1.807, 2.05) is 18.2 Å². The Kier molecular flexibility index (Phi) is 6.29. The number of hydrogen-bond donors (Lipinski definition) is 1. The van der Waals surface area contributed by atoms with Crippen LogP contribution in [-0.4, -0.2) is 61.0 Å². The predicted molar refractivity (Wildman–Crippen MR) is 122 cm³/mol. The Labute approximate surface area is 195 Å². The van der Waals surface area contributed by atoms with Crippen molar-refractivity contribution >= 4 is 40.3 Å². The van der Waals surface area contributed by atoms with E-state index in [1.54, 1.807) is 31.4 Å². The average Bonchev–Trinajstić information content (AvgIpc) is 3.23. The lowest BCUT2D eigenvalue weighted by atomic mass is 9.87. The molecule has 1 aromatic heterocycles. The maximum absolute atomic E-state index is 13.0. The van der Waals surface area contributed by atoms with E-state index in [4.69, 9.17) is 25.8 Å². The molecule has 1 amide bonds. The van der Waals surface area contributed by atoms with E-state index in [9.17, 15) is 14.4 Å². The van der Waals surface area contributed by atoms with Gasteiger partial charge in [0.25, 0.3) is 0 Å². The topological polar surface area (TPSA) is 97.9 Å². The third-order valence-corrected chi connectivity index (χ3v) is 6.18. The van der Waals surface area contributed by atoms with Crippen LogP contribution in [0.3, 0.4) is 0 Å². The number of nitrogens with one attached hydrogen (secondary N) is 1. The van der Waals surface area contributed by atoms with Gasteiger partial charge in [-0.05, 0) is 41.5 Å². The quantitative estimate of drug-likeness (QED) is 0.454. The monoisotopic (exact) mass is 470 g/mol. The smallest absolute Gasteiger partial charge is 0.337 e. The van der Waals surface area contributed by atoms with Crippen LogP contribution in [0.25, 0.3) is 10.9 Å². The molecule has 33 heavy (non-hydrogen) atoms. The molecule has 9 heteroatoms. The maximum Gasteiger partial charge on any atom is 0.337 e. The molecule has 2 heterocycles. The number of rotatable bonds is 5. The highest BCUT2D eigenvalue weighted by Crippen LogP contribution is 2.42. The van der Waals surface area contributed by atoms with E-state index in [0.29, 0.717) is 16.9 Å². The number of alkyl halides is 1. The number of hydrogen-bond acceptors (Lipinski definition) is 6. The van der Waals surface area contributed by atoms with Gasteiger partial charge in [-0.25, -0.2) is 9.59 Å². The largest absolute Gasteiger partial charge is 0.497 e. The molecule has 1 aliphatic rings. The lowest BCUT2D eigenvalue weighted by Crippen LogP contribution is -2.52. The van der Waals surface area contributed by atoms with Crippen LogP contribution in [0.4, 0.5) is 0 Å². The third kappa shape index (κ3) is 3.91. The van der Waals surface area contributed by atoms with Gasteiger partial charge < -0.3 is 24.1 Å². The molecular weight excluding hydrogens is 448 g/mol. The fourth-order valence-corrected chi connectivity index (χ4v) is 4.54. The first-order valence-corrected chi connectivity index (χ1v) is 10.8. The zero-order chi connectivity index (χ0) is 23.7. The lowest BCUT2D eigenvalue weighted by Gasteiger charge is -2.40. The summed E-state index contributed by atoms with van der Waals surface area (Å²) in [5.41, 5.74) is 3.58. The van der Waals surface area contributed by atoms with Crippen LogP contribution in [0.1, 0.15) is 33.2 Å². The molecule has 172 valence electrons. The summed E-state index contributed by atoms with van der Waals surface area (Å²) in [7, 11) is 4.19. The molecule has 0 bridgehead atoms. The highest BCUT2D eigenvalue weighted by molar-refractivity contribution is 6.27. The molecule has 0 radical (unpaired) electrons. The minimum absolute atomic E-state index is 0.258. The van der Waals surface area contributed by atoms with Gasteiger partial charge >= 0.3 is 11.9 Å². The summed E-state index contributed by atoms with van der Waals surface area (Å²) >= 11 is 5.95. The molecule has 0 fully saturated rings. The molecule has 8 nitrogen and oxygen atoms in total. The normalized spacial score (nSPS) is 17.4. The van der Waals surface area contributed by atoms with Crippen LogP contribution in [0.5, 0.6) is 5.75 Å². The molecule has 0 saturated carbocycles. The van der Waals surface area contributed by atoms with Crippen molar-refractivity contribution in [2.45, 2.75) is 18.5 Å². The van der Waals surface area contributed by atoms with Crippen LogP contribution in [0, 0.1) is 0 Å². The molecule has 0 aliphatic carbocycles. The second-order valence-corrected chi connectivity index (χ2v) is 7.89. The first-order valence-electron chi connectivity index (χ1n) is 10.2. The van der Waals surface area contributed by atoms with Gasteiger partial charge in [-0.3, -0.25) is 4.79 Å². The van der Waals surface area contributed by atoms with Crippen molar-refractivity contribution in [1.29, 1.82) is 0 Å². The van der Waals surface area contributed by atoms with Gasteiger partial charge in [0, 0.05) is 23.0 Å². The summed E-state index contributed by atoms with van der Waals surface area (Å²) in [6, 6.07) is 10.8. The minimum Gasteiger partial charge on any atom is -0.497 e. The van der Waals surface area contributed by atoms with Crippen molar-refractivity contribution in [2.24, 2.45) is 0 Å². The molecule has 2 atom stereocenters. The highest BCUT2D eigenvalue weighted by atomic mass is 35.5. The highest BCUT2D eigenvalue weighted by Gasteiger charge is 2.43. The number of fused-ring (bicyclic) bond motifs is 3. The Hall–Kier alpha value is -3.52. The van der Waals surface area contributed by atoms with Crippen molar-refractivity contribution in [3.8, 4) is 5.75 Å². The number of methoxy groups -OCH3 is 3. The number of aromatic amines is 1. The van der Waals surface area contributed by atoms with Gasteiger partial charge in [-0.1, -0.05) is 12.1 Å². The van der Waals surface area contributed by atoms with E-state index < -0.39 is 29.9 Å². The molecule has 3 aromatic rings. The SMILES string of the molecule is COC(=O)c1ccc([C@H]2c3[nH]c4ccc(OC)cc4c3C[C@H](C(=O)OC)N2C(=O)CCl)cc1. The van der Waals surface area contributed by atoms with Crippen molar-refractivity contribution in [2.75, 3.05) is 27.2 Å². The first kappa shape index (κ1) is 22.7. The van der Waals surface area contributed by atoms with Crippen LogP contribution >= 0.6 is 11.6 Å². The Morgan fingerprint density at radius 1 is 1.06 bits per heavy atom. The number of carbonyl (C=O) groups is 3. The van der Waals surface area contributed by atoms with Gasteiger partial charge in [0.05, 0.1) is 32.9 Å². The number of amides is 1. The van der Waals surface area contributed by atoms with Gasteiger partial charge in [0.15, 0.2) is 0 Å². The van der Waals surface area contributed by atoms with Gasteiger partial charge in [0.2, 0.25) is 5.91 Å². The number of aromatic nitrogens is 1. The van der Waals surface area contributed by atoms with Crippen molar-refractivity contribution in [3.05, 3.63) is 64.8 Å². The second-order valence-electron chi connectivity index (χ2n) is 7.62. The molecule has 0 unspecified atom stereocenters. The maximum atomic E-state index is 13.0. The number of nitrogens with zero attached hydrogens (tertiary/aromatic N) is 1. The number of ether oxygens (including phenoxy) is 3. The molecule has 0 spiro atoms. The standard InChI is InChI=1S/C24H23ClN2O6/c1-31-15-8-9-18-16(10-15)17-11-19(24(30)33-3)27(20(28)12-25)22(21(17)26-18)13-4-6-14(7-5-13)23(29)32-2/h4-10,19,22,26H,11-12H2,1-3H3/t19-,22+/m1/s1. The van der Waals surface area contributed by atoms with E-state index in [0.717, 1.165) is 22.2 Å². The molecule has 2 aromatic carbocycles. The van der Waals surface area contributed by atoms with E-state index in [1.165, 1.54) is 19.1 Å².